The maximum atomic E-state index is 2.49. The molecule has 0 saturated carbocycles. The Morgan fingerprint density at radius 3 is 0.882 bits per heavy atom. The molecule has 0 spiro atoms. The summed E-state index contributed by atoms with van der Waals surface area (Å²) in [5, 5.41) is 3.22. The van der Waals surface area contributed by atoms with Crippen molar-refractivity contribution in [3.8, 4) is 22.3 Å². The van der Waals surface area contributed by atoms with E-state index in [0.717, 1.165) is 0 Å². The van der Waals surface area contributed by atoms with Crippen molar-refractivity contribution >= 4 is 26.5 Å². The first-order valence-corrected chi connectivity index (χ1v) is 19.2. The van der Waals surface area contributed by atoms with Crippen molar-refractivity contribution in [1.82, 2.24) is 0 Å². The molecule has 0 heterocycles. The lowest BCUT2D eigenvalue weighted by molar-refractivity contribution is 1.55. The van der Waals surface area contributed by atoms with Gasteiger partial charge in [0.25, 0.3) is 0 Å². The van der Waals surface area contributed by atoms with E-state index in [1.807, 2.05) is 0 Å². The van der Waals surface area contributed by atoms with Crippen molar-refractivity contribution in [2.45, 2.75) is 39.3 Å². The first-order chi connectivity index (χ1) is 16.1. The van der Waals surface area contributed by atoms with Crippen LogP contribution in [0.2, 0.25) is 39.3 Å². The minimum Gasteiger partial charge on any atom is -0.0656 e. The topological polar surface area (TPSA) is 0 Å². The van der Waals surface area contributed by atoms with E-state index >= 15 is 0 Å². The van der Waals surface area contributed by atoms with Gasteiger partial charge in [-0.1, -0.05) is 159 Å². The minimum atomic E-state index is -1.64. The lowest BCUT2D eigenvalue weighted by atomic mass is 10.0. The summed E-state index contributed by atoms with van der Waals surface area (Å²) in [4.78, 5) is 0. The summed E-state index contributed by atoms with van der Waals surface area (Å²) >= 11 is 0. The van der Waals surface area contributed by atoms with Crippen LogP contribution >= 0.6 is 0 Å². The van der Waals surface area contributed by atoms with Gasteiger partial charge in [0.1, 0.15) is 0 Å². The van der Waals surface area contributed by atoms with Crippen LogP contribution < -0.4 is 0 Å². The molecule has 0 bridgehead atoms. The quantitative estimate of drug-likeness (QED) is 0.192. The second kappa shape index (κ2) is 9.73. The molecule has 0 N–H and O–H groups in total. The highest BCUT2D eigenvalue weighted by atomic mass is 28.3. The second-order valence-corrected chi connectivity index (χ2v) is 21.1. The third-order valence-electron chi connectivity index (χ3n) is 6.31. The molecule has 0 aromatic heterocycles. The Bertz CT molecular complexity index is 1150. The van der Waals surface area contributed by atoms with Crippen LogP contribution in [0.1, 0.15) is 11.1 Å². The Kier molecular flexibility index (Phi) is 6.92. The summed E-state index contributed by atoms with van der Waals surface area (Å²) < 4.78 is 0. The van der Waals surface area contributed by atoms with E-state index in [2.05, 4.69) is 148 Å². The minimum absolute atomic E-state index is 1.27. The van der Waals surface area contributed by atoms with Crippen LogP contribution in [-0.4, -0.2) is 16.1 Å². The number of benzene rings is 4. The van der Waals surface area contributed by atoms with Crippen LogP contribution in [-0.2, 0) is 0 Å². The molecule has 0 unspecified atom stereocenters. The summed E-state index contributed by atoms with van der Waals surface area (Å²) in [5.74, 6) is 0. The van der Waals surface area contributed by atoms with Crippen LogP contribution in [0.4, 0.5) is 0 Å². The van der Waals surface area contributed by atoms with Gasteiger partial charge in [0.15, 0.2) is 0 Å². The Morgan fingerprint density at radius 1 is 0.353 bits per heavy atom. The molecule has 0 amide bonds. The van der Waals surface area contributed by atoms with Crippen LogP contribution in [0.25, 0.3) is 32.6 Å². The molecule has 0 aliphatic rings. The number of hydrogen-bond donors (Lipinski definition) is 0. The molecule has 0 nitrogen and oxygen atoms in total. The van der Waals surface area contributed by atoms with Gasteiger partial charge in [0.05, 0.1) is 16.1 Å². The molecule has 2 heteroatoms. The van der Waals surface area contributed by atoms with E-state index in [1.54, 1.807) is 10.4 Å². The maximum Gasteiger partial charge on any atom is 0.0782 e. The summed E-state index contributed by atoms with van der Waals surface area (Å²) in [7, 11) is -3.29. The lowest BCUT2D eigenvalue weighted by Crippen LogP contribution is -2.32. The molecule has 4 aromatic carbocycles. The average Bonchev–Trinajstić information content (AvgIpc) is 2.82. The highest BCUT2D eigenvalue weighted by Gasteiger charge is 2.32. The van der Waals surface area contributed by atoms with Crippen LogP contribution in [0.15, 0.2) is 109 Å². The van der Waals surface area contributed by atoms with Crippen molar-refractivity contribution in [2.75, 3.05) is 0 Å². The van der Waals surface area contributed by atoms with Gasteiger partial charge in [-0.05, 0) is 33.4 Å². The summed E-state index contributed by atoms with van der Waals surface area (Å²) in [5.41, 5.74) is 7.89. The molecule has 4 rings (SSSR count). The molecule has 172 valence electrons. The highest BCUT2D eigenvalue weighted by molar-refractivity contribution is 7.04. The van der Waals surface area contributed by atoms with Gasteiger partial charge in [-0.25, -0.2) is 0 Å². The molecule has 0 atom stereocenters. The second-order valence-electron chi connectivity index (χ2n) is 11.1. The molecule has 0 fully saturated rings. The fourth-order valence-electron chi connectivity index (χ4n) is 4.82. The molecular weight excluding hydrogens is 441 g/mol. The van der Waals surface area contributed by atoms with Crippen molar-refractivity contribution in [2.24, 2.45) is 0 Å². The van der Waals surface area contributed by atoms with Gasteiger partial charge in [-0.15, -0.1) is 0 Å². The predicted octanol–water partition coefficient (Wildman–Crippen LogP) is 9.69. The highest BCUT2D eigenvalue weighted by Crippen LogP contribution is 2.40. The molecule has 4 aromatic rings. The van der Waals surface area contributed by atoms with Crippen molar-refractivity contribution in [1.29, 1.82) is 0 Å². The van der Waals surface area contributed by atoms with Gasteiger partial charge >= 0.3 is 0 Å². The van der Waals surface area contributed by atoms with Gasteiger partial charge in [0.2, 0.25) is 0 Å². The average molecular weight is 477 g/mol. The predicted molar refractivity (Wildman–Crippen MR) is 157 cm³/mol. The van der Waals surface area contributed by atoms with Crippen LogP contribution in [0, 0.1) is 0 Å². The van der Waals surface area contributed by atoms with Crippen molar-refractivity contribution in [3.05, 3.63) is 120 Å². The third kappa shape index (κ3) is 5.40. The Balaban J connectivity index is 1.84. The molecule has 0 aliphatic carbocycles. The normalized spacial score (nSPS) is 12.9. The first kappa shape index (κ1) is 24.2. The van der Waals surface area contributed by atoms with E-state index in [9.17, 15) is 0 Å². The summed E-state index contributed by atoms with van der Waals surface area (Å²) in [6.07, 6.45) is 0. The van der Waals surface area contributed by atoms with E-state index in [-0.39, 0.29) is 0 Å². The monoisotopic (exact) mass is 476 g/mol. The third-order valence-corrected chi connectivity index (χ3v) is 10.6. The first-order valence-electron chi connectivity index (χ1n) is 12.2. The molecule has 0 saturated heterocycles. The van der Waals surface area contributed by atoms with Gasteiger partial charge < -0.3 is 0 Å². The number of rotatable bonds is 6. The smallest absolute Gasteiger partial charge is 0.0656 e. The van der Waals surface area contributed by atoms with E-state index in [4.69, 9.17) is 0 Å². The van der Waals surface area contributed by atoms with Crippen LogP contribution in [0.5, 0.6) is 0 Å². The van der Waals surface area contributed by atoms with E-state index < -0.39 is 16.1 Å². The Labute approximate surface area is 208 Å². The van der Waals surface area contributed by atoms with E-state index in [1.165, 1.54) is 33.4 Å². The Hall–Kier alpha value is -2.95. The fraction of sp³-hybridized carbons (Fsp3) is 0.188. The maximum absolute atomic E-state index is 2.49. The zero-order chi connectivity index (χ0) is 24.3. The summed E-state index contributed by atoms with van der Waals surface area (Å²) in [6, 6.07) is 39.9. The van der Waals surface area contributed by atoms with Crippen LogP contribution in [0.3, 0.4) is 0 Å². The summed E-state index contributed by atoms with van der Waals surface area (Å²) in [6.45, 7) is 15.0. The van der Waals surface area contributed by atoms with Crippen molar-refractivity contribution < 1.29 is 0 Å². The largest absolute Gasteiger partial charge is 0.0782 e. The zero-order valence-corrected chi connectivity index (χ0v) is 23.4. The molecule has 0 aliphatic heterocycles. The molecule has 0 radical (unpaired) electrons. The molecular formula is C32H36Si2. The lowest BCUT2D eigenvalue weighted by Gasteiger charge is -2.32. The standard InChI is InChI=1S/C32H36Si2/c1-33(2,3)31(29-21-17-27(18-22-29)25-13-9-7-10-14-25)32(34(4,5)6)30-23-19-28(20-24-30)26-15-11-8-12-16-26/h7-24H,1-6H3. The van der Waals surface area contributed by atoms with E-state index in [0.29, 0.717) is 0 Å². The Morgan fingerprint density at radius 2 is 0.618 bits per heavy atom. The van der Waals surface area contributed by atoms with Crippen molar-refractivity contribution in [3.63, 3.8) is 0 Å². The zero-order valence-electron chi connectivity index (χ0n) is 21.4. The van der Waals surface area contributed by atoms with Gasteiger partial charge in [-0.2, -0.15) is 0 Å². The number of hydrogen-bond acceptors (Lipinski definition) is 0. The molecule has 34 heavy (non-hydrogen) atoms. The fourth-order valence-corrected chi connectivity index (χ4v) is 10.9. The van der Waals surface area contributed by atoms with Gasteiger partial charge in [0, 0.05) is 0 Å². The van der Waals surface area contributed by atoms with Gasteiger partial charge in [-0.3, -0.25) is 0 Å². The SMILES string of the molecule is C[Si](C)(C)C(=C(c1ccc(-c2ccccc2)cc1)[Si](C)(C)C)c1ccc(-c2ccccc2)cc1.